The second-order valence-electron chi connectivity index (χ2n) is 5.08. The maximum Gasteiger partial charge on any atom is 0.329 e. The maximum absolute atomic E-state index is 11.5. The molecule has 0 spiro atoms. The molecule has 2 atom stereocenters. The minimum atomic E-state index is -0.979. The van der Waals surface area contributed by atoms with Crippen LogP contribution in [0.4, 0.5) is 0 Å². The minimum absolute atomic E-state index is 0.355. The van der Waals surface area contributed by atoms with Crippen molar-refractivity contribution >= 4 is 12.4 Å². The number of aliphatic carboxylic acids is 1. The van der Waals surface area contributed by atoms with E-state index < -0.39 is 11.5 Å². The number of nitrogens with zero attached hydrogens (tertiary/aromatic N) is 1. The summed E-state index contributed by atoms with van der Waals surface area (Å²) >= 11 is 0. The third-order valence-corrected chi connectivity index (χ3v) is 3.59. The Balaban J connectivity index is 3.03. The topological polar surface area (TPSA) is 57.6 Å². The SMILES string of the molecule is CCN(C=O)C1(C(=O)O)CC(C)CC(C)C1. The van der Waals surface area contributed by atoms with Gasteiger partial charge in [0.25, 0.3) is 0 Å². The van der Waals surface area contributed by atoms with Gasteiger partial charge in [0.05, 0.1) is 0 Å². The highest BCUT2D eigenvalue weighted by atomic mass is 16.4. The third-order valence-electron chi connectivity index (χ3n) is 3.59. The van der Waals surface area contributed by atoms with Crippen LogP contribution in [-0.4, -0.2) is 34.5 Å². The van der Waals surface area contributed by atoms with Gasteiger partial charge < -0.3 is 10.0 Å². The number of hydrogen-bond acceptors (Lipinski definition) is 2. The van der Waals surface area contributed by atoms with Crippen molar-refractivity contribution in [2.45, 2.75) is 45.6 Å². The van der Waals surface area contributed by atoms with Gasteiger partial charge in [0.15, 0.2) is 0 Å². The molecule has 1 rings (SSSR count). The Morgan fingerprint density at radius 2 is 1.94 bits per heavy atom. The Bertz CT molecular complexity index is 267. The van der Waals surface area contributed by atoms with Crippen LogP contribution < -0.4 is 0 Å². The fraction of sp³-hybridized carbons (Fsp3) is 0.833. The summed E-state index contributed by atoms with van der Waals surface area (Å²) in [5, 5.41) is 9.46. The van der Waals surface area contributed by atoms with E-state index in [9.17, 15) is 14.7 Å². The Labute approximate surface area is 96.6 Å². The summed E-state index contributed by atoms with van der Waals surface area (Å²) in [5.41, 5.74) is -0.979. The van der Waals surface area contributed by atoms with E-state index in [2.05, 4.69) is 13.8 Å². The predicted octanol–water partition coefficient (Wildman–Crippen LogP) is 1.74. The quantitative estimate of drug-likeness (QED) is 0.744. The van der Waals surface area contributed by atoms with Crippen LogP contribution in [0.25, 0.3) is 0 Å². The molecule has 0 aromatic heterocycles. The molecule has 0 aromatic rings. The minimum Gasteiger partial charge on any atom is -0.479 e. The lowest BCUT2D eigenvalue weighted by Gasteiger charge is -2.45. The van der Waals surface area contributed by atoms with E-state index in [-0.39, 0.29) is 0 Å². The number of carbonyl (C=O) groups excluding carboxylic acids is 1. The predicted molar refractivity (Wildman–Crippen MR) is 61.0 cm³/mol. The zero-order valence-corrected chi connectivity index (χ0v) is 10.3. The molecule has 1 amide bonds. The molecule has 0 radical (unpaired) electrons. The molecule has 16 heavy (non-hydrogen) atoms. The molecule has 0 aliphatic heterocycles. The molecule has 1 aliphatic rings. The average molecular weight is 227 g/mol. The fourth-order valence-electron chi connectivity index (χ4n) is 3.10. The first-order valence-corrected chi connectivity index (χ1v) is 5.91. The van der Waals surface area contributed by atoms with Gasteiger partial charge in [-0.05, 0) is 38.0 Å². The van der Waals surface area contributed by atoms with Gasteiger partial charge in [-0.3, -0.25) is 4.79 Å². The second-order valence-corrected chi connectivity index (χ2v) is 5.08. The molecule has 1 aliphatic carbocycles. The summed E-state index contributed by atoms with van der Waals surface area (Å²) in [6, 6.07) is 0. The van der Waals surface area contributed by atoms with Crippen molar-refractivity contribution in [1.82, 2.24) is 4.90 Å². The molecule has 0 bridgehead atoms. The van der Waals surface area contributed by atoms with Gasteiger partial charge in [-0.15, -0.1) is 0 Å². The summed E-state index contributed by atoms with van der Waals surface area (Å²) in [5.74, 6) is -0.150. The first-order valence-electron chi connectivity index (χ1n) is 5.91. The van der Waals surface area contributed by atoms with E-state index in [0.29, 0.717) is 37.6 Å². The number of rotatable bonds is 4. The van der Waals surface area contributed by atoms with Crippen LogP contribution in [0.5, 0.6) is 0 Å². The number of carbonyl (C=O) groups is 2. The van der Waals surface area contributed by atoms with Crippen LogP contribution in [0.3, 0.4) is 0 Å². The van der Waals surface area contributed by atoms with E-state index in [0.717, 1.165) is 6.42 Å². The Kier molecular flexibility index (Phi) is 3.94. The molecule has 92 valence electrons. The van der Waals surface area contributed by atoms with Crippen molar-refractivity contribution < 1.29 is 14.7 Å². The van der Waals surface area contributed by atoms with Crippen LogP contribution in [0.15, 0.2) is 0 Å². The molecule has 1 fully saturated rings. The third kappa shape index (κ3) is 2.20. The number of carboxylic acids is 1. The first kappa shape index (κ1) is 13.0. The Morgan fingerprint density at radius 1 is 1.44 bits per heavy atom. The largest absolute Gasteiger partial charge is 0.479 e. The van der Waals surface area contributed by atoms with Gasteiger partial charge in [0, 0.05) is 6.54 Å². The number of hydrogen-bond donors (Lipinski definition) is 1. The van der Waals surface area contributed by atoms with E-state index in [1.165, 1.54) is 4.90 Å². The van der Waals surface area contributed by atoms with Crippen molar-refractivity contribution in [3.63, 3.8) is 0 Å². The standard InChI is InChI=1S/C12H21NO3/c1-4-13(8-14)12(11(15)16)6-9(2)5-10(3)7-12/h8-10H,4-7H2,1-3H3,(H,15,16). The van der Waals surface area contributed by atoms with Gasteiger partial charge >= 0.3 is 5.97 Å². The van der Waals surface area contributed by atoms with Gasteiger partial charge in [0.2, 0.25) is 6.41 Å². The van der Waals surface area contributed by atoms with Crippen LogP contribution in [0.2, 0.25) is 0 Å². The molecule has 2 unspecified atom stereocenters. The Morgan fingerprint density at radius 3 is 2.25 bits per heavy atom. The molecule has 4 nitrogen and oxygen atoms in total. The molecule has 0 saturated heterocycles. The summed E-state index contributed by atoms with van der Waals surface area (Å²) in [4.78, 5) is 24.0. The summed E-state index contributed by atoms with van der Waals surface area (Å²) in [7, 11) is 0. The summed E-state index contributed by atoms with van der Waals surface area (Å²) < 4.78 is 0. The lowest BCUT2D eigenvalue weighted by molar-refractivity contribution is -0.160. The van der Waals surface area contributed by atoms with Crippen molar-refractivity contribution in [3.8, 4) is 0 Å². The van der Waals surface area contributed by atoms with Crippen molar-refractivity contribution in [1.29, 1.82) is 0 Å². The van der Waals surface area contributed by atoms with Gasteiger partial charge in [0.1, 0.15) is 5.54 Å². The molecular weight excluding hydrogens is 206 g/mol. The zero-order chi connectivity index (χ0) is 12.3. The monoisotopic (exact) mass is 227 g/mol. The molecular formula is C12H21NO3. The van der Waals surface area contributed by atoms with E-state index >= 15 is 0 Å². The van der Waals surface area contributed by atoms with Gasteiger partial charge in [-0.2, -0.15) is 0 Å². The van der Waals surface area contributed by atoms with Gasteiger partial charge in [-0.1, -0.05) is 13.8 Å². The van der Waals surface area contributed by atoms with E-state index in [4.69, 9.17) is 0 Å². The molecule has 0 heterocycles. The molecule has 1 N–H and O–H groups in total. The lowest BCUT2D eigenvalue weighted by Crippen LogP contribution is -2.57. The molecule has 4 heteroatoms. The summed E-state index contributed by atoms with van der Waals surface area (Å²) in [6.07, 6.45) is 2.86. The van der Waals surface area contributed by atoms with Gasteiger partial charge in [-0.25, -0.2) is 4.79 Å². The lowest BCUT2D eigenvalue weighted by atomic mass is 9.71. The van der Waals surface area contributed by atoms with Crippen LogP contribution in [-0.2, 0) is 9.59 Å². The zero-order valence-electron chi connectivity index (χ0n) is 10.3. The number of likely N-dealkylation sites (N-methyl/N-ethyl adjacent to an activating group) is 1. The molecule has 1 saturated carbocycles. The maximum atomic E-state index is 11.5. The Hall–Kier alpha value is -1.06. The number of amides is 1. The molecule has 0 aromatic carbocycles. The smallest absolute Gasteiger partial charge is 0.329 e. The highest BCUT2D eigenvalue weighted by Gasteiger charge is 2.47. The first-order chi connectivity index (χ1) is 7.46. The van der Waals surface area contributed by atoms with Crippen LogP contribution in [0, 0.1) is 11.8 Å². The highest BCUT2D eigenvalue weighted by molar-refractivity contribution is 5.81. The fourth-order valence-corrected chi connectivity index (χ4v) is 3.10. The van der Waals surface area contributed by atoms with E-state index in [1.807, 2.05) is 6.92 Å². The van der Waals surface area contributed by atoms with Crippen molar-refractivity contribution in [3.05, 3.63) is 0 Å². The average Bonchev–Trinajstić information content (AvgIpc) is 2.17. The highest BCUT2D eigenvalue weighted by Crippen LogP contribution is 2.39. The second kappa shape index (κ2) is 4.85. The normalized spacial score (nSPS) is 34.4. The van der Waals surface area contributed by atoms with Crippen LogP contribution >= 0.6 is 0 Å². The van der Waals surface area contributed by atoms with Crippen molar-refractivity contribution in [2.24, 2.45) is 11.8 Å². The number of carboxylic acid groups (broad SMARTS) is 1. The van der Waals surface area contributed by atoms with Crippen molar-refractivity contribution in [2.75, 3.05) is 6.54 Å². The van der Waals surface area contributed by atoms with E-state index in [1.54, 1.807) is 0 Å². The van der Waals surface area contributed by atoms with Crippen LogP contribution in [0.1, 0.15) is 40.0 Å². The summed E-state index contributed by atoms with van der Waals surface area (Å²) in [6.45, 7) is 6.40.